The van der Waals surface area contributed by atoms with Crippen LogP contribution in [0.15, 0.2) is 11.6 Å². The molecule has 34 nitrogen and oxygen atoms in total. The molecule has 34 heteroatoms. The Morgan fingerprint density at radius 3 is 1.64 bits per heavy atom. The van der Waals surface area contributed by atoms with Crippen LogP contribution in [0.25, 0.3) is 0 Å². The Morgan fingerprint density at radius 1 is 0.495 bits per heavy atom. The fourth-order valence-corrected chi connectivity index (χ4v) is 19.7. The standard InChI is InChI=1S/C67H108O34/c1-27-44(95-53-41(80)45(33(75)21-89-53)96-57-49(83)66(86,23-70)25-91-57)47(98-58-50(84)67(87,24-71)26-92-58)43(82)54(93-27)99-48-38(77)32(74)20-90-56(48)101-59(85)65-14-12-60(2,3)16-29(65)28-8-9-36-61(4)17-30(72)51(62(5,22-69)35(61)10-11-64(36,7)63(28,6)13-15-65)100-55-42(81)46(39(78)34(18-68)94-55)97-52-40(79)37(76)31(73)19-88-52/h8,27,29-58,68-84,86-87H,9-26H2,1-7H3/t27-,29-,30-,31+,32+,33+,34+,35+,36+,37-,38+,39+,40+,41+,42+,43+,44-,45-,46-,47+,48-,49-,50-,51-,52-,53-,54-,55-,56+,57-,58-,61-,62-,63+,64+,65-,66+,67+/m0/s1. The summed E-state index contributed by atoms with van der Waals surface area (Å²) in [6.45, 7) is 8.31. The van der Waals surface area contributed by atoms with E-state index in [9.17, 15) is 97.0 Å². The van der Waals surface area contributed by atoms with E-state index in [1.807, 2.05) is 6.92 Å². The third kappa shape index (κ3) is 13.3. The molecular weight excluding hydrogens is 1350 g/mol. The van der Waals surface area contributed by atoms with Crippen LogP contribution in [-0.4, -0.2) is 346 Å². The van der Waals surface area contributed by atoms with Gasteiger partial charge in [-0.3, -0.25) is 4.79 Å². The van der Waals surface area contributed by atoms with Crippen molar-refractivity contribution in [2.45, 2.75) is 290 Å². The third-order valence-electron chi connectivity index (χ3n) is 26.1. The number of carbonyl (C=O) groups is 1. The van der Waals surface area contributed by atoms with Gasteiger partial charge in [-0.25, -0.2) is 0 Å². The van der Waals surface area contributed by atoms with Crippen molar-refractivity contribution in [2.24, 2.45) is 50.2 Å². The molecule has 7 aliphatic heterocycles. The van der Waals surface area contributed by atoms with Gasteiger partial charge < -0.3 is 163 Å². The number of esters is 1. The minimum Gasteiger partial charge on any atom is -0.432 e. The molecule has 0 bridgehead atoms. The molecule has 4 saturated carbocycles. The quantitative estimate of drug-likeness (QED) is 0.0345. The van der Waals surface area contributed by atoms with Crippen LogP contribution in [0.3, 0.4) is 0 Å². The number of aliphatic hydroxyl groups is 19. The number of fused-ring (bicyclic) bond motifs is 7. The van der Waals surface area contributed by atoms with Crippen LogP contribution >= 0.6 is 0 Å². The normalized spacial score (nSPS) is 55.1. The Morgan fingerprint density at radius 2 is 1.03 bits per heavy atom. The van der Waals surface area contributed by atoms with Crippen LogP contribution in [0.4, 0.5) is 0 Å². The van der Waals surface area contributed by atoms with E-state index >= 15 is 4.79 Å². The smallest absolute Gasteiger partial charge is 0.315 e. The predicted octanol–water partition coefficient (Wildman–Crippen LogP) is -6.39. The molecule has 5 aliphatic carbocycles. The Labute approximate surface area is 583 Å². The van der Waals surface area contributed by atoms with E-state index in [2.05, 4.69) is 40.7 Å². The second-order valence-electron chi connectivity index (χ2n) is 32.7. The van der Waals surface area contributed by atoms with Crippen LogP contribution in [0, 0.1) is 50.2 Å². The summed E-state index contributed by atoms with van der Waals surface area (Å²) in [6, 6.07) is 0. The van der Waals surface area contributed by atoms with Gasteiger partial charge in [0, 0.05) is 5.41 Å². The molecule has 0 spiro atoms. The van der Waals surface area contributed by atoms with Gasteiger partial charge in [-0.2, -0.15) is 0 Å². The molecule has 0 radical (unpaired) electrons. The minimum atomic E-state index is -2.24. The summed E-state index contributed by atoms with van der Waals surface area (Å²) < 4.78 is 83.5. The summed E-state index contributed by atoms with van der Waals surface area (Å²) in [5, 5.41) is 210. The fourth-order valence-electron chi connectivity index (χ4n) is 19.7. The van der Waals surface area contributed by atoms with Crippen molar-refractivity contribution in [1.82, 2.24) is 0 Å². The molecule has 12 aliphatic rings. The molecule has 19 N–H and O–H groups in total. The van der Waals surface area contributed by atoms with Crippen molar-refractivity contribution in [3.8, 4) is 0 Å². The van der Waals surface area contributed by atoms with Crippen molar-refractivity contribution >= 4 is 5.97 Å². The highest BCUT2D eigenvalue weighted by Crippen LogP contribution is 2.76. The molecule has 0 aromatic rings. The van der Waals surface area contributed by atoms with E-state index in [0.29, 0.717) is 51.4 Å². The van der Waals surface area contributed by atoms with Crippen LogP contribution in [0.5, 0.6) is 0 Å². The van der Waals surface area contributed by atoms with Crippen molar-refractivity contribution in [3.63, 3.8) is 0 Å². The molecule has 12 rings (SSSR count). The average Bonchev–Trinajstić information content (AvgIpc) is 0.962. The number of hydrogen-bond acceptors (Lipinski definition) is 34. The summed E-state index contributed by atoms with van der Waals surface area (Å²) in [4.78, 5) is 15.7. The highest BCUT2D eigenvalue weighted by molar-refractivity contribution is 5.79. The molecule has 38 atom stereocenters. The molecular formula is C67H108O34. The molecule has 0 amide bonds. The lowest BCUT2D eigenvalue weighted by Gasteiger charge is -2.72. The number of allylic oxidation sites excluding steroid dienone is 2. The zero-order chi connectivity index (χ0) is 73.4. The van der Waals surface area contributed by atoms with Gasteiger partial charge in [-0.05, 0) is 104 Å². The molecule has 7 saturated heterocycles. The van der Waals surface area contributed by atoms with Crippen molar-refractivity contribution in [1.29, 1.82) is 0 Å². The van der Waals surface area contributed by atoms with E-state index in [4.69, 9.17) is 66.3 Å². The summed E-state index contributed by atoms with van der Waals surface area (Å²) in [5.74, 6) is -1.50. The Kier molecular flexibility index (Phi) is 22.6. The number of rotatable bonds is 18. The fraction of sp³-hybridized carbons (Fsp3) is 0.955. The SMILES string of the molecule is C[C@@H]1O[C@@H](O[C@@H]2[C@@H](OC(=O)[C@]34CCC(C)(C)C[C@H]3C3=CC[C@@H]5[C@@]6(C)C[C@H](O)[C@H](O[C@@H]7O[C@H](CO)[C@@H](O)[C@H](O[C@@H]8OC[C@@H](O)[C@H](O)[C@H]8O)[C@H]7O)[C@@](C)(CO)[C@@H]6CC[C@@]5(C)[C@]3(C)CC4)OC[C@@H](O)[C@H]2O)[C@H](O)[C@@H](O[C@@H]2OC[C@](O)(CO)[C@H]2O)[C@H]1O[C@@H]1OC[C@@H](O)[C@H](O[C@@H]2OC[C@](O)(CO)[C@H]2O)[C@H]1O. The Bertz CT molecular complexity index is 2900. The molecule has 0 aromatic heterocycles. The molecule has 7 heterocycles. The highest BCUT2D eigenvalue weighted by Gasteiger charge is 2.72. The maximum atomic E-state index is 15.7. The zero-order valence-corrected chi connectivity index (χ0v) is 57.8. The monoisotopic (exact) mass is 1460 g/mol. The highest BCUT2D eigenvalue weighted by atomic mass is 16.8. The minimum absolute atomic E-state index is 0.119. The van der Waals surface area contributed by atoms with Gasteiger partial charge in [0.05, 0.1) is 83.2 Å². The van der Waals surface area contributed by atoms with Gasteiger partial charge in [0.2, 0.25) is 6.29 Å². The topological polar surface area (TPSA) is 531 Å². The number of ether oxygens (including phenoxy) is 14. The third-order valence-corrected chi connectivity index (χ3v) is 26.1. The maximum absolute atomic E-state index is 15.7. The summed E-state index contributed by atoms with van der Waals surface area (Å²) in [6.07, 6.45) is -40.6. The van der Waals surface area contributed by atoms with Gasteiger partial charge >= 0.3 is 5.97 Å². The molecule has 580 valence electrons. The van der Waals surface area contributed by atoms with E-state index < -0.39 is 282 Å². The second-order valence-corrected chi connectivity index (χ2v) is 32.7. The zero-order valence-electron chi connectivity index (χ0n) is 57.8. The van der Waals surface area contributed by atoms with Crippen molar-refractivity contribution in [2.75, 3.05) is 59.5 Å². The van der Waals surface area contributed by atoms with E-state index in [1.54, 1.807) is 0 Å². The van der Waals surface area contributed by atoms with Crippen LogP contribution < -0.4 is 0 Å². The largest absolute Gasteiger partial charge is 0.432 e. The molecule has 0 aromatic carbocycles. The van der Waals surface area contributed by atoms with E-state index in [-0.39, 0.29) is 23.7 Å². The Balaban J connectivity index is 0.771. The van der Waals surface area contributed by atoms with Gasteiger partial charge in [0.15, 0.2) is 43.8 Å². The average molecular weight is 1460 g/mol. The Hall–Kier alpha value is -2.07. The van der Waals surface area contributed by atoms with Gasteiger partial charge in [-0.1, -0.05) is 53.2 Å². The molecule has 0 unspecified atom stereocenters. The summed E-state index contributed by atoms with van der Waals surface area (Å²) in [5.41, 5.74) is -7.66. The number of carbonyl (C=O) groups excluding carboxylic acids is 1. The second kappa shape index (κ2) is 29.1. The van der Waals surface area contributed by atoms with Crippen LogP contribution in [0.1, 0.15) is 106 Å². The first-order chi connectivity index (χ1) is 47.4. The van der Waals surface area contributed by atoms with Crippen LogP contribution in [-0.2, 0) is 71.1 Å². The summed E-state index contributed by atoms with van der Waals surface area (Å²) in [7, 11) is 0. The molecule has 11 fully saturated rings. The predicted molar refractivity (Wildman–Crippen MR) is 332 cm³/mol. The van der Waals surface area contributed by atoms with Gasteiger partial charge in [-0.15, -0.1) is 0 Å². The lowest BCUT2D eigenvalue weighted by molar-refractivity contribution is -0.383. The lowest BCUT2D eigenvalue weighted by Crippen LogP contribution is -2.70. The molecule has 101 heavy (non-hydrogen) atoms. The first kappa shape index (κ1) is 78.5. The number of hydrogen-bond donors (Lipinski definition) is 19. The first-order valence-corrected chi connectivity index (χ1v) is 35.4. The van der Waals surface area contributed by atoms with Crippen molar-refractivity contribution < 1.29 is 168 Å². The summed E-state index contributed by atoms with van der Waals surface area (Å²) >= 11 is 0. The van der Waals surface area contributed by atoms with Crippen molar-refractivity contribution in [3.05, 3.63) is 11.6 Å². The lowest BCUT2D eigenvalue weighted by atomic mass is 9.33. The van der Waals surface area contributed by atoms with Crippen LogP contribution in [0.2, 0.25) is 0 Å². The first-order valence-electron chi connectivity index (χ1n) is 35.4. The van der Waals surface area contributed by atoms with Gasteiger partial charge in [0.1, 0.15) is 115 Å². The number of aliphatic hydroxyl groups excluding tert-OH is 17. The maximum Gasteiger partial charge on any atom is 0.315 e. The van der Waals surface area contributed by atoms with E-state index in [1.165, 1.54) is 6.92 Å². The van der Waals surface area contributed by atoms with E-state index in [0.717, 1.165) is 5.57 Å². The van der Waals surface area contributed by atoms with Gasteiger partial charge in [0.25, 0.3) is 0 Å².